The zero-order chi connectivity index (χ0) is 11.1. The minimum Gasteiger partial charge on any atom is -0.282 e. The van der Waals surface area contributed by atoms with Crippen molar-refractivity contribution in [2.75, 3.05) is 0 Å². The second-order valence-corrected chi connectivity index (χ2v) is 4.92. The van der Waals surface area contributed by atoms with Crippen molar-refractivity contribution in [1.29, 1.82) is 0 Å². The van der Waals surface area contributed by atoms with Gasteiger partial charge < -0.3 is 0 Å². The summed E-state index contributed by atoms with van der Waals surface area (Å²) in [6.07, 6.45) is 0. The largest absolute Gasteiger partial charge is 0.295 e. The van der Waals surface area contributed by atoms with E-state index in [0.29, 0.717) is 11.1 Å². The van der Waals surface area contributed by atoms with E-state index in [1.807, 2.05) is 13.8 Å². The molecule has 5 heteroatoms. The minimum atomic E-state index is -4.10. The van der Waals surface area contributed by atoms with Gasteiger partial charge in [0.25, 0.3) is 10.1 Å². The Bertz CT molecular complexity index is 478. The van der Waals surface area contributed by atoms with Crippen LogP contribution in [0, 0.1) is 58.8 Å². The Morgan fingerprint density at radius 2 is 1.47 bits per heavy atom. The van der Waals surface area contributed by atoms with Crippen LogP contribution in [0.4, 0.5) is 0 Å². The third-order valence-electron chi connectivity index (χ3n) is 2.54. The molecule has 1 aromatic carbocycles. The molecular formula is C10H14O3SU. The van der Waals surface area contributed by atoms with E-state index in [4.69, 9.17) is 4.55 Å². The van der Waals surface area contributed by atoms with Crippen LogP contribution in [0.3, 0.4) is 0 Å². The first-order chi connectivity index (χ1) is 6.25. The van der Waals surface area contributed by atoms with Crippen molar-refractivity contribution in [3.63, 3.8) is 0 Å². The van der Waals surface area contributed by atoms with Crippen LogP contribution in [0.15, 0.2) is 11.0 Å². The van der Waals surface area contributed by atoms with Gasteiger partial charge in [0.1, 0.15) is 0 Å². The maximum absolute atomic E-state index is 11.1. The van der Waals surface area contributed by atoms with Gasteiger partial charge in [-0.25, -0.2) is 0 Å². The van der Waals surface area contributed by atoms with E-state index in [-0.39, 0.29) is 36.0 Å². The molecule has 0 saturated heterocycles. The SMILES string of the molecule is Cc1cc(C)c(S(=O)(=O)O)c(C)c1C.[U]. The molecule has 0 unspecified atom stereocenters. The van der Waals surface area contributed by atoms with E-state index in [9.17, 15) is 8.42 Å². The van der Waals surface area contributed by atoms with Crippen molar-refractivity contribution in [2.45, 2.75) is 32.6 Å². The van der Waals surface area contributed by atoms with Crippen LogP contribution in [-0.2, 0) is 10.1 Å². The van der Waals surface area contributed by atoms with Gasteiger partial charge in [-0.05, 0) is 49.9 Å². The second kappa shape index (κ2) is 5.01. The molecule has 0 atom stereocenters. The predicted octanol–water partition coefficient (Wildman–Crippen LogP) is 2.17. The summed E-state index contributed by atoms with van der Waals surface area (Å²) >= 11 is 0. The Balaban J connectivity index is 0.00000196. The first-order valence-electron chi connectivity index (χ1n) is 4.30. The molecular weight excluding hydrogens is 438 g/mol. The first-order valence-corrected chi connectivity index (χ1v) is 5.74. The number of rotatable bonds is 1. The van der Waals surface area contributed by atoms with Crippen molar-refractivity contribution in [3.05, 3.63) is 28.3 Å². The summed E-state index contributed by atoms with van der Waals surface area (Å²) in [5.74, 6) is 0. The molecule has 1 aromatic rings. The van der Waals surface area contributed by atoms with Crippen molar-refractivity contribution >= 4 is 10.1 Å². The smallest absolute Gasteiger partial charge is 0.282 e. The summed E-state index contributed by atoms with van der Waals surface area (Å²) in [5, 5.41) is 0. The second-order valence-electron chi connectivity index (χ2n) is 3.56. The number of aryl methyl sites for hydroxylation is 2. The average molecular weight is 452 g/mol. The van der Waals surface area contributed by atoms with Gasteiger partial charge in [0.15, 0.2) is 0 Å². The summed E-state index contributed by atoms with van der Waals surface area (Å²) in [6.45, 7) is 7.16. The minimum absolute atomic E-state index is 0. The van der Waals surface area contributed by atoms with Crippen LogP contribution < -0.4 is 0 Å². The molecule has 1 rings (SSSR count). The molecule has 0 amide bonds. The Kier molecular flexibility index (Phi) is 5.07. The van der Waals surface area contributed by atoms with Gasteiger partial charge in [0, 0.05) is 31.1 Å². The van der Waals surface area contributed by atoms with Crippen LogP contribution >= 0.6 is 0 Å². The molecule has 0 aromatic heterocycles. The third-order valence-corrected chi connectivity index (χ3v) is 3.69. The topological polar surface area (TPSA) is 54.4 Å². The molecule has 0 saturated carbocycles. The Morgan fingerprint density at radius 1 is 1.00 bits per heavy atom. The quantitative estimate of drug-likeness (QED) is 0.665. The molecule has 0 spiro atoms. The molecule has 0 heterocycles. The van der Waals surface area contributed by atoms with Crippen LogP contribution in [0.5, 0.6) is 0 Å². The third kappa shape index (κ3) is 3.07. The first kappa shape index (κ1) is 15.2. The van der Waals surface area contributed by atoms with E-state index in [1.54, 1.807) is 19.9 Å². The average Bonchev–Trinajstić information content (AvgIpc) is 1.97. The van der Waals surface area contributed by atoms with Gasteiger partial charge in [-0.2, -0.15) is 8.42 Å². The van der Waals surface area contributed by atoms with Crippen molar-refractivity contribution < 1.29 is 44.1 Å². The fourth-order valence-corrected chi connectivity index (χ4v) is 2.66. The zero-order valence-electron chi connectivity index (χ0n) is 9.25. The molecule has 0 aliphatic carbocycles. The van der Waals surface area contributed by atoms with E-state index in [2.05, 4.69) is 0 Å². The van der Waals surface area contributed by atoms with Gasteiger partial charge in [-0.15, -0.1) is 0 Å². The fourth-order valence-electron chi connectivity index (χ4n) is 1.66. The molecule has 82 valence electrons. The van der Waals surface area contributed by atoms with Gasteiger partial charge in [0.05, 0.1) is 4.90 Å². The number of benzene rings is 1. The number of hydrogen-bond acceptors (Lipinski definition) is 2. The molecule has 0 fully saturated rings. The zero-order valence-corrected chi connectivity index (χ0v) is 14.2. The van der Waals surface area contributed by atoms with E-state index in [0.717, 1.165) is 11.1 Å². The molecule has 3 nitrogen and oxygen atoms in total. The van der Waals surface area contributed by atoms with Gasteiger partial charge in [-0.3, -0.25) is 4.55 Å². The number of hydrogen-bond donors (Lipinski definition) is 1. The Labute approximate surface area is 114 Å². The Morgan fingerprint density at radius 3 is 1.87 bits per heavy atom. The molecule has 0 aliphatic heterocycles. The summed E-state index contributed by atoms with van der Waals surface area (Å²) in [5.41, 5.74) is 3.16. The summed E-state index contributed by atoms with van der Waals surface area (Å²) in [7, 11) is -4.10. The summed E-state index contributed by atoms with van der Waals surface area (Å²) in [4.78, 5) is 0.0422. The van der Waals surface area contributed by atoms with E-state index >= 15 is 0 Å². The Hall–Kier alpha value is 0.182. The van der Waals surface area contributed by atoms with Crippen molar-refractivity contribution in [3.8, 4) is 0 Å². The maximum atomic E-state index is 11.1. The maximum Gasteiger partial charge on any atom is 0.295 e. The van der Waals surface area contributed by atoms with Crippen molar-refractivity contribution in [2.24, 2.45) is 0 Å². The van der Waals surface area contributed by atoms with Crippen molar-refractivity contribution in [1.82, 2.24) is 0 Å². The predicted molar refractivity (Wildman–Crippen MR) is 55.2 cm³/mol. The molecule has 1 N–H and O–H groups in total. The monoisotopic (exact) mass is 452 g/mol. The van der Waals surface area contributed by atoms with E-state index < -0.39 is 10.1 Å². The fraction of sp³-hybridized carbons (Fsp3) is 0.400. The molecule has 0 radical (unpaired) electrons. The molecule has 0 aliphatic rings. The van der Waals surface area contributed by atoms with Crippen LogP contribution in [0.25, 0.3) is 0 Å². The van der Waals surface area contributed by atoms with Gasteiger partial charge in [-0.1, -0.05) is 6.07 Å². The van der Waals surface area contributed by atoms with Gasteiger partial charge in [0.2, 0.25) is 0 Å². The van der Waals surface area contributed by atoms with Crippen LogP contribution in [0.1, 0.15) is 22.3 Å². The van der Waals surface area contributed by atoms with Crippen LogP contribution in [0.2, 0.25) is 0 Å². The standard InChI is InChI=1S/C10H14O3S.U/c1-6-5-7(2)10(14(11,12)13)9(4)8(6)3;/h5H,1-4H3,(H,11,12,13);. The normalized spacial score (nSPS) is 11.0. The van der Waals surface area contributed by atoms with Crippen LogP contribution in [-0.4, -0.2) is 13.0 Å². The van der Waals surface area contributed by atoms with Gasteiger partial charge >= 0.3 is 0 Å². The molecule has 15 heavy (non-hydrogen) atoms. The van der Waals surface area contributed by atoms with E-state index in [1.165, 1.54) is 0 Å². The molecule has 0 bridgehead atoms. The summed E-state index contributed by atoms with van der Waals surface area (Å²) in [6, 6.07) is 1.77. The summed E-state index contributed by atoms with van der Waals surface area (Å²) < 4.78 is 31.2.